The first-order valence-electron chi connectivity index (χ1n) is 11.0. The van der Waals surface area contributed by atoms with Gasteiger partial charge in [-0.25, -0.2) is 4.79 Å². The summed E-state index contributed by atoms with van der Waals surface area (Å²) in [6, 6.07) is 10.1. The van der Waals surface area contributed by atoms with Crippen LogP contribution < -0.4 is 4.90 Å². The lowest BCUT2D eigenvalue weighted by Gasteiger charge is -2.38. The average Bonchev–Trinajstić information content (AvgIpc) is 3.27. The summed E-state index contributed by atoms with van der Waals surface area (Å²) in [6.45, 7) is 8.33. The Morgan fingerprint density at radius 3 is 2.62 bits per heavy atom. The number of para-hydroxylation sites is 1. The normalized spacial score (nSPS) is 15.9. The molecule has 0 spiro atoms. The molecular weight excluding hydrogens is 402 g/mol. The lowest BCUT2D eigenvalue weighted by atomic mass is 10.0. The molecule has 1 N–H and O–H groups in total. The first-order valence-corrected chi connectivity index (χ1v) is 11.0. The third-order valence-electron chi connectivity index (χ3n) is 5.71. The van der Waals surface area contributed by atoms with Gasteiger partial charge in [-0.3, -0.25) is 9.98 Å². The molecule has 2 aliphatic heterocycles. The highest BCUT2D eigenvalue weighted by Gasteiger charge is 2.23. The second-order valence-corrected chi connectivity index (χ2v) is 8.07. The standard InChI is InChI=1S/C25H29N5O2/c1-3-32-25(31)20-13-19(15-27-16-20)23-6-4-5-7-24(23)30-10-8-29(9-11-30)22-14-21(28-17-22)12-18(2)26/h4-7,13-16,26H,3,8-12,17H2,1-2H3. The zero-order chi connectivity index (χ0) is 22.5. The average molecular weight is 432 g/mol. The van der Waals surface area contributed by atoms with E-state index >= 15 is 0 Å². The van der Waals surface area contributed by atoms with Gasteiger partial charge in [-0.1, -0.05) is 18.2 Å². The van der Waals surface area contributed by atoms with Gasteiger partial charge < -0.3 is 19.9 Å². The Kier molecular flexibility index (Phi) is 6.63. The molecule has 4 rings (SSSR count). The first-order chi connectivity index (χ1) is 15.5. The molecule has 166 valence electrons. The van der Waals surface area contributed by atoms with Crippen LogP contribution in [0.1, 0.15) is 30.6 Å². The molecule has 1 aromatic heterocycles. The highest BCUT2D eigenvalue weighted by molar-refractivity contribution is 6.09. The van der Waals surface area contributed by atoms with Crippen molar-refractivity contribution < 1.29 is 9.53 Å². The van der Waals surface area contributed by atoms with E-state index in [9.17, 15) is 4.79 Å². The van der Waals surface area contributed by atoms with Crippen molar-refractivity contribution in [1.29, 1.82) is 5.41 Å². The Morgan fingerprint density at radius 1 is 1.12 bits per heavy atom. The third kappa shape index (κ3) is 4.88. The van der Waals surface area contributed by atoms with Crippen LogP contribution in [0, 0.1) is 5.41 Å². The molecule has 1 fully saturated rings. The number of hydrogen-bond donors (Lipinski definition) is 1. The molecule has 0 unspecified atom stereocenters. The van der Waals surface area contributed by atoms with Crippen LogP contribution >= 0.6 is 0 Å². The van der Waals surface area contributed by atoms with Crippen molar-refractivity contribution in [3.8, 4) is 11.1 Å². The molecule has 3 heterocycles. The number of rotatable bonds is 7. The van der Waals surface area contributed by atoms with E-state index in [1.54, 1.807) is 19.3 Å². The molecule has 0 amide bonds. The Morgan fingerprint density at radius 2 is 1.88 bits per heavy atom. The predicted molar refractivity (Wildman–Crippen MR) is 128 cm³/mol. The number of nitrogens with zero attached hydrogens (tertiary/aromatic N) is 4. The van der Waals surface area contributed by atoms with Gasteiger partial charge in [0.2, 0.25) is 0 Å². The summed E-state index contributed by atoms with van der Waals surface area (Å²) in [6.07, 6.45) is 6.13. The minimum absolute atomic E-state index is 0.341. The summed E-state index contributed by atoms with van der Waals surface area (Å²) in [4.78, 5) is 25.8. The summed E-state index contributed by atoms with van der Waals surface area (Å²) >= 11 is 0. The number of pyridine rings is 1. The monoisotopic (exact) mass is 431 g/mol. The largest absolute Gasteiger partial charge is 0.462 e. The van der Waals surface area contributed by atoms with Gasteiger partial charge in [-0.05, 0) is 32.1 Å². The fraction of sp³-hybridized carbons (Fsp3) is 0.360. The Balaban J connectivity index is 1.48. The zero-order valence-electron chi connectivity index (χ0n) is 18.7. The molecule has 0 atom stereocenters. The first kappa shape index (κ1) is 21.7. The maximum absolute atomic E-state index is 12.2. The fourth-order valence-corrected chi connectivity index (χ4v) is 4.18. The molecule has 7 nitrogen and oxygen atoms in total. The fourth-order valence-electron chi connectivity index (χ4n) is 4.18. The number of esters is 1. The van der Waals surface area contributed by atoms with Crippen molar-refractivity contribution in [1.82, 2.24) is 9.88 Å². The summed E-state index contributed by atoms with van der Waals surface area (Å²) in [5, 5.41) is 7.68. The zero-order valence-corrected chi connectivity index (χ0v) is 18.7. The van der Waals surface area contributed by atoms with Crippen LogP contribution in [0.2, 0.25) is 0 Å². The number of ether oxygens (including phenoxy) is 1. The number of nitrogens with one attached hydrogen (secondary N) is 1. The number of carbonyl (C=O) groups is 1. The molecule has 0 bridgehead atoms. The van der Waals surface area contributed by atoms with Crippen molar-refractivity contribution >= 4 is 23.1 Å². The van der Waals surface area contributed by atoms with Crippen LogP contribution in [-0.4, -0.2) is 66.6 Å². The summed E-state index contributed by atoms with van der Waals surface area (Å²) in [5.74, 6) is -0.349. The van der Waals surface area contributed by atoms with Crippen molar-refractivity contribution in [2.24, 2.45) is 4.99 Å². The van der Waals surface area contributed by atoms with E-state index in [1.807, 2.05) is 25.1 Å². The number of carbonyl (C=O) groups excluding carboxylic acids is 1. The number of aliphatic imine (C=N–C) groups is 1. The van der Waals surface area contributed by atoms with Crippen molar-refractivity contribution in [2.75, 3.05) is 44.2 Å². The van der Waals surface area contributed by atoms with Gasteiger partial charge >= 0.3 is 5.97 Å². The van der Waals surface area contributed by atoms with E-state index in [0.717, 1.165) is 48.7 Å². The molecule has 1 aromatic carbocycles. The van der Waals surface area contributed by atoms with Crippen LogP contribution in [0.15, 0.2) is 59.5 Å². The predicted octanol–water partition coefficient (Wildman–Crippen LogP) is 3.82. The highest BCUT2D eigenvalue weighted by Crippen LogP contribution is 2.32. The molecule has 0 radical (unpaired) electrons. The number of benzene rings is 1. The molecule has 32 heavy (non-hydrogen) atoms. The van der Waals surface area contributed by atoms with E-state index in [4.69, 9.17) is 10.1 Å². The van der Waals surface area contributed by atoms with Crippen molar-refractivity contribution in [2.45, 2.75) is 20.3 Å². The maximum Gasteiger partial charge on any atom is 0.339 e. The minimum atomic E-state index is -0.349. The Bertz CT molecular complexity index is 1070. The second-order valence-electron chi connectivity index (χ2n) is 8.07. The van der Waals surface area contributed by atoms with E-state index in [-0.39, 0.29) is 5.97 Å². The van der Waals surface area contributed by atoms with Crippen LogP contribution in [0.25, 0.3) is 11.1 Å². The molecule has 0 aliphatic carbocycles. The van der Waals surface area contributed by atoms with Crippen LogP contribution in [0.5, 0.6) is 0 Å². The molecular formula is C25H29N5O2. The van der Waals surface area contributed by atoms with Crippen LogP contribution in [0.4, 0.5) is 5.69 Å². The highest BCUT2D eigenvalue weighted by atomic mass is 16.5. The molecule has 0 saturated carbocycles. The van der Waals surface area contributed by atoms with E-state index in [0.29, 0.717) is 30.8 Å². The molecule has 2 aromatic rings. The van der Waals surface area contributed by atoms with Gasteiger partial charge in [0, 0.05) is 78.9 Å². The van der Waals surface area contributed by atoms with Gasteiger partial charge in [0.25, 0.3) is 0 Å². The maximum atomic E-state index is 12.2. The number of anilines is 1. The van der Waals surface area contributed by atoms with E-state index in [1.165, 1.54) is 5.70 Å². The van der Waals surface area contributed by atoms with Gasteiger partial charge in [0.1, 0.15) is 0 Å². The smallest absolute Gasteiger partial charge is 0.339 e. The van der Waals surface area contributed by atoms with Gasteiger partial charge in [-0.15, -0.1) is 0 Å². The van der Waals surface area contributed by atoms with Crippen molar-refractivity contribution in [3.63, 3.8) is 0 Å². The lowest BCUT2D eigenvalue weighted by Crippen LogP contribution is -2.46. The third-order valence-corrected chi connectivity index (χ3v) is 5.71. The SMILES string of the molecule is CCOC(=O)c1cncc(-c2ccccc2N2CCN(C3=CC(CC(C)=N)=NC3)CC2)c1. The second kappa shape index (κ2) is 9.77. The molecule has 1 saturated heterocycles. The number of hydrogen-bond acceptors (Lipinski definition) is 7. The summed E-state index contributed by atoms with van der Waals surface area (Å²) < 4.78 is 5.13. The van der Waals surface area contributed by atoms with Gasteiger partial charge in [0.15, 0.2) is 0 Å². The Hall–Kier alpha value is -3.48. The Labute approximate surface area is 188 Å². The number of allylic oxidation sites excluding steroid dienone is 1. The molecule has 2 aliphatic rings. The van der Waals surface area contributed by atoms with Crippen LogP contribution in [0.3, 0.4) is 0 Å². The van der Waals surface area contributed by atoms with Crippen LogP contribution in [-0.2, 0) is 4.74 Å². The van der Waals surface area contributed by atoms with Gasteiger partial charge in [-0.2, -0.15) is 0 Å². The summed E-state index contributed by atoms with van der Waals surface area (Å²) in [5.41, 5.74) is 6.48. The van der Waals surface area contributed by atoms with E-state index in [2.05, 4.69) is 38.0 Å². The molecule has 7 heteroatoms. The quantitative estimate of drug-likeness (QED) is 0.532. The number of aromatic nitrogens is 1. The van der Waals surface area contributed by atoms with Gasteiger partial charge in [0.05, 0.1) is 18.7 Å². The van der Waals surface area contributed by atoms with Crippen molar-refractivity contribution in [3.05, 3.63) is 60.1 Å². The lowest BCUT2D eigenvalue weighted by molar-refractivity contribution is 0.0526. The topological polar surface area (TPSA) is 81.9 Å². The summed E-state index contributed by atoms with van der Waals surface area (Å²) in [7, 11) is 0. The van der Waals surface area contributed by atoms with E-state index < -0.39 is 0 Å². The number of piperazine rings is 1. The minimum Gasteiger partial charge on any atom is -0.462 e.